The van der Waals surface area contributed by atoms with E-state index in [2.05, 4.69) is 18.4 Å². The van der Waals surface area contributed by atoms with E-state index in [1.54, 1.807) is 7.11 Å². The van der Waals surface area contributed by atoms with Crippen LogP contribution in [0.4, 0.5) is 0 Å². The zero-order chi connectivity index (χ0) is 9.45. The molecule has 0 saturated carbocycles. The molecule has 2 N–H and O–H groups in total. The van der Waals surface area contributed by atoms with Crippen molar-refractivity contribution in [3.63, 3.8) is 0 Å². The van der Waals surface area contributed by atoms with Crippen LogP contribution in [0.1, 0.15) is 6.42 Å². The fourth-order valence-electron chi connectivity index (χ4n) is 0.945. The molecule has 0 amide bonds. The van der Waals surface area contributed by atoms with E-state index in [1.807, 2.05) is 0 Å². The second-order valence-electron chi connectivity index (χ2n) is 3.54. The Hall–Kier alpha value is 0.0969. The van der Waals surface area contributed by atoms with Gasteiger partial charge in [-0.05, 0) is 32.1 Å². The third-order valence-corrected chi connectivity index (χ3v) is 4.64. The molecule has 0 heterocycles. The summed E-state index contributed by atoms with van der Waals surface area (Å²) in [5.74, 6) is 0. The molecule has 0 unspecified atom stereocenters. The van der Waals surface area contributed by atoms with E-state index in [-0.39, 0.29) is 6.61 Å². The number of rotatable bonds is 7. The summed E-state index contributed by atoms with van der Waals surface area (Å²) in [6.07, 6.45) is 1.15. The molecule has 0 aliphatic rings. The summed E-state index contributed by atoms with van der Waals surface area (Å²) in [4.78, 5) is 0. The van der Waals surface area contributed by atoms with Gasteiger partial charge in [0.1, 0.15) is 0 Å². The molecular formula is C8H21NO2Si. The zero-order valence-electron chi connectivity index (χ0n) is 8.39. The number of hydrogen-bond acceptors (Lipinski definition) is 3. The van der Waals surface area contributed by atoms with Crippen LogP contribution in [0.2, 0.25) is 19.1 Å². The van der Waals surface area contributed by atoms with Gasteiger partial charge in [-0.15, -0.1) is 0 Å². The van der Waals surface area contributed by atoms with Crippen LogP contribution in [0.25, 0.3) is 0 Å². The van der Waals surface area contributed by atoms with E-state index in [4.69, 9.17) is 9.53 Å². The minimum absolute atomic E-state index is 0.227. The third-order valence-electron chi connectivity index (χ3n) is 1.97. The second kappa shape index (κ2) is 6.60. The third kappa shape index (κ3) is 6.79. The molecule has 0 rings (SSSR count). The van der Waals surface area contributed by atoms with E-state index in [9.17, 15) is 0 Å². The Morgan fingerprint density at radius 2 is 2.00 bits per heavy atom. The molecule has 12 heavy (non-hydrogen) atoms. The molecular weight excluding hydrogens is 170 g/mol. The molecule has 0 radical (unpaired) electrons. The summed E-state index contributed by atoms with van der Waals surface area (Å²) in [7, 11) is 0.459. The van der Waals surface area contributed by atoms with Crippen LogP contribution in [0, 0.1) is 0 Å². The van der Waals surface area contributed by atoms with Gasteiger partial charge < -0.3 is 14.8 Å². The Kier molecular flexibility index (Phi) is 6.65. The molecule has 0 atom stereocenters. The maximum absolute atomic E-state index is 8.49. The van der Waals surface area contributed by atoms with Crippen molar-refractivity contribution in [2.24, 2.45) is 0 Å². The summed E-state index contributed by atoms with van der Waals surface area (Å²) in [6.45, 7) is 6.36. The van der Waals surface area contributed by atoms with Crippen LogP contribution in [0.3, 0.4) is 0 Å². The Morgan fingerprint density at radius 3 is 2.50 bits per heavy atom. The highest BCUT2D eigenvalue weighted by molar-refractivity contribution is 6.71. The number of hydrogen-bond donors (Lipinski definition) is 2. The van der Waals surface area contributed by atoms with Crippen molar-refractivity contribution in [1.29, 1.82) is 0 Å². The van der Waals surface area contributed by atoms with Gasteiger partial charge in [-0.3, -0.25) is 0 Å². The topological polar surface area (TPSA) is 41.5 Å². The Labute approximate surface area is 76.3 Å². The molecule has 0 aromatic carbocycles. The lowest BCUT2D eigenvalue weighted by molar-refractivity contribution is 0.292. The van der Waals surface area contributed by atoms with Crippen molar-refractivity contribution in [3.8, 4) is 0 Å². The van der Waals surface area contributed by atoms with Crippen molar-refractivity contribution < 1.29 is 9.53 Å². The van der Waals surface area contributed by atoms with E-state index in [1.165, 1.54) is 6.04 Å². The SMILES string of the molecule is CO[Si](C)(C)CCCNCCO. The molecule has 0 saturated heterocycles. The van der Waals surface area contributed by atoms with Crippen LogP contribution in [-0.4, -0.2) is 40.2 Å². The average molecular weight is 191 g/mol. The van der Waals surface area contributed by atoms with Crippen LogP contribution in [0.15, 0.2) is 0 Å². The van der Waals surface area contributed by atoms with Gasteiger partial charge >= 0.3 is 0 Å². The fraction of sp³-hybridized carbons (Fsp3) is 1.00. The van der Waals surface area contributed by atoms with E-state index >= 15 is 0 Å². The number of aliphatic hydroxyl groups is 1. The summed E-state index contributed by atoms with van der Waals surface area (Å²) in [5, 5.41) is 11.6. The van der Waals surface area contributed by atoms with E-state index in [0.29, 0.717) is 6.54 Å². The van der Waals surface area contributed by atoms with Crippen molar-refractivity contribution in [3.05, 3.63) is 0 Å². The quantitative estimate of drug-likeness (QED) is 0.462. The smallest absolute Gasteiger partial charge is 0.186 e. The summed E-state index contributed by atoms with van der Waals surface area (Å²) < 4.78 is 5.41. The van der Waals surface area contributed by atoms with Crippen LogP contribution >= 0.6 is 0 Å². The molecule has 0 bridgehead atoms. The van der Waals surface area contributed by atoms with Gasteiger partial charge in [0.15, 0.2) is 8.32 Å². The van der Waals surface area contributed by atoms with E-state index in [0.717, 1.165) is 13.0 Å². The normalized spacial score (nSPS) is 12.0. The molecule has 74 valence electrons. The first-order chi connectivity index (χ1) is 5.62. The molecule has 3 nitrogen and oxygen atoms in total. The van der Waals surface area contributed by atoms with Gasteiger partial charge in [0.25, 0.3) is 0 Å². The summed E-state index contributed by atoms with van der Waals surface area (Å²) in [5.41, 5.74) is 0. The lowest BCUT2D eigenvalue weighted by Crippen LogP contribution is -2.30. The van der Waals surface area contributed by atoms with Crippen LogP contribution in [0.5, 0.6) is 0 Å². The molecule has 0 aromatic rings. The Balaban J connectivity index is 3.19. The van der Waals surface area contributed by atoms with Crippen LogP contribution in [-0.2, 0) is 4.43 Å². The zero-order valence-corrected chi connectivity index (χ0v) is 9.39. The first kappa shape index (κ1) is 12.1. The van der Waals surface area contributed by atoms with Crippen LogP contribution < -0.4 is 5.32 Å². The lowest BCUT2D eigenvalue weighted by Gasteiger charge is -2.19. The van der Waals surface area contributed by atoms with Gasteiger partial charge in [-0.2, -0.15) is 0 Å². The van der Waals surface area contributed by atoms with Gasteiger partial charge in [0.2, 0.25) is 0 Å². The van der Waals surface area contributed by atoms with Crippen molar-refractivity contribution in [2.45, 2.75) is 25.6 Å². The maximum atomic E-state index is 8.49. The Bertz CT molecular complexity index is 109. The first-order valence-electron chi connectivity index (χ1n) is 4.49. The van der Waals surface area contributed by atoms with Crippen molar-refractivity contribution >= 4 is 8.32 Å². The molecule has 0 aliphatic heterocycles. The lowest BCUT2D eigenvalue weighted by atomic mass is 10.5. The molecule has 0 aromatic heterocycles. The van der Waals surface area contributed by atoms with Gasteiger partial charge in [-0.1, -0.05) is 0 Å². The highest BCUT2D eigenvalue weighted by atomic mass is 28.4. The molecule has 0 fully saturated rings. The minimum Gasteiger partial charge on any atom is -0.420 e. The molecule has 0 spiro atoms. The summed E-state index contributed by atoms with van der Waals surface area (Å²) >= 11 is 0. The largest absolute Gasteiger partial charge is 0.420 e. The van der Waals surface area contributed by atoms with Gasteiger partial charge in [0, 0.05) is 13.7 Å². The predicted octanol–water partition coefficient (Wildman–Crippen LogP) is 0.810. The highest BCUT2D eigenvalue weighted by Crippen LogP contribution is 2.11. The highest BCUT2D eigenvalue weighted by Gasteiger charge is 2.18. The minimum atomic E-state index is -1.34. The van der Waals surface area contributed by atoms with Gasteiger partial charge in [-0.25, -0.2) is 0 Å². The Morgan fingerprint density at radius 1 is 1.33 bits per heavy atom. The second-order valence-corrected chi connectivity index (χ2v) is 7.97. The fourth-order valence-corrected chi connectivity index (χ4v) is 2.18. The number of aliphatic hydroxyl groups excluding tert-OH is 1. The first-order valence-corrected chi connectivity index (χ1v) is 7.60. The van der Waals surface area contributed by atoms with Crippen molar-refractivity contribution in [1.82, 2.24) is 5.32 Å². The number of nitrogens with one attached hydrogen (secondary N) is 1. The maximum Gasteiger partial charge on any atom is 0.186 e. The van der Waals surface area contributed by atoms with Crippen molar-refractivity contribution in [2.75, 3.05) is 26.8 Å². The molecule has 4 heteroatoms. The summed E-state index contributed by atoms with van der Waals surface area (Å²) in [6, 6.07) is 1.18. The standard InChI is InChI=1S/C8H21NO2Si/c1-11-12(2,3)8-4-5-9-6-7-10/h9-10H,4-8H2,1-3H3. The average Bonchev–Trinajstić information content (AvgIpc) is 2.04. The molecule has 0 aliphatic carbocycles. The van der Waals surface area contributed by atoms with Gasteiger partial charge in [0.05, 0.1) is 6.61 Å². The monoisotopic (exact) mass is 191 g/mol. The predicted molar refractivity (Wildman–Crippen MR) is 53.9 cm³/mol. The van der Waals surface area contributed by atoms with E-state index < -0.39 is 8.32 Å².